The van der Waals surface area contributed by atoms with Gasteiger partial charge in [-0.15, -0.1) is 16.4 Å². The van der Waals surface area contributed by atoms with Gasteiger partial charge in [0.25, 0.3) is 11.6 Å². The number of amides is 1. The molecule has 0 aliphatic rings. The molecule has 25 heavy (non-hydrogen) atoms. The molecule has 0 saturated heterocycles. The van der Waals surface area contributed by atoms with Crippen molar-refractivity contribution < 1.29 is 9.72 Å². The van der Waals surface area contributed by atoms with Crippen LogP contribution in [0.15, 0.2) is 41.8 Å². The Hall–Kier alpha value is -3.07. The molecule has 3 aromatic rings. The van der Waals surface area contributed by atoms with Crippen molar-refractivity contribution in [2.45, 2.75) is 13.3 Å². The fourth-order valence-electron chi connectivity index (χ4n) is 2.36. The molecule has 1 N–H and O–H groups in total. The van der Waals surface area contributed by atoms with E-state index in [1.165, 1.54) is 21.7 Å². The number of nitro benzene ring substituents is 1. The number of rotatable bonds is 6. The van der Waals surface area contributed by atoms with E-state index >= 15 is 0 Å². The Kier molecular flexibility index (Phi) is 4.85. The van der Waals surface area contributed by atoms with Crippen molar-refractivity contribution >= 4 is 22.9 Å². The van der Waals surface area contributed by atoms with Crippen LogP contribution in [-0.4, -0.2) is 32.4 Å². The van der Waals surface area contributed by atoms with E-state index in [0.717, 1.165) is 6.42 Å². The topological polar surface area (TPSA) is 103 Å². The number of carbonyl (C=O) groups excluding carboxylic acids is 1. The van der Waals surface area contributed by atoms with E-state index in [-0.39, 0.29) is 17.3 Å². The minimum absolute atomic E-state index is 0.0469. The smallest absolute Gasteiger partial charge is 0.273 e. The molecule has 0 bridgehead atoms. The Morgan fingerprint density at radius 2 is 2.20 bits per heavy atom. The molecular formula is C16H15N5O3S. The zero-order chi connectivity index (χ0) is 17.8. The van der Waals surface area contributed by atoms with E-state index in [4.69, 9.17) is 0 Å². The van der Waals surface area contributed by atoms with Crippen molar-refractivity contribution in [3.8, 4) is 5.69 Å². The van der Waals surface area contributed by atoms with Crippen molar-refractivity contribution in [1.29, 1.82) is 0 Å². The van der Waals surface area contributed by atoms with Crippen molar-refractivity contribution in [1.82, 2.24) is 20.3 Å². The summed E-state index contributed by atoms with van der Waals surface area (Å²) >= 11 is 1.64. The predicted octanol–water partition coefficient (Wildman–Crippen LogP) is 2.52. The maximum atomic E-state index is 12.3. The highest BCUT2D eigenvalue weighted by Crippen LogP contribution is 2.18. The molecule has 0 fully saturated rings. The van der Waals surface area contributed by atoms with Crippen LogP contribution in [0.5, 0.6) is 0 Å². The lowest BCUT2D eigenvalue weighted by Crippen LogP contribution is -2.26. The minimum atomic E-state index is -0.478. The third-order valence-electron chi connectivity index (χ3n) is 3.63. The summed E-state index contributed by atoms with van der Waals surface area (Å²) in [5.41, 5.74) is 1.16. The monoisotopic (exact) mass is 357 g/mol. The molecule has 0 radical (unpaired) electrons. The summed E-state index contributed by atoms with van der Waals surface area (Å²) in [5, 5.41) is 23.6. The number of nitrogens with zero attached hydrogens (tertiary/aromatic N) is 4. The van der Waals surface area contributed by atoms with Gasteiger partial charge in [-0.3, -0.25) is 14.9 Å². The highest BCUT2D eigenvalue weighted by Gasteiger charge is 2.18. The normalized spacial score (nSPS) is 10.6. The number of carbonyl (C=O) groups is 1. The predicted molar refractivity (Wildman–Crippen MR) is 93.1 cm³/mol. The Morgan fingerprint density at radius 1 is 1.36 bits per heavy atom. The second-order valence-corrected chi connectivity index (χ2v) is 6.33. The van der Waals surface area contributed by atoms with Crippen LogP contribution >= 0.6 is 11.3 Å². The minimum Gasteiger partial charge on any atom is -0.350 e. The first-order chi connectivity index (χ1) is 12.1. The Balaban J connectivity index is 1.73. The second-order valence-electron chi connectivity index (χ2n) is 5.30. The first-order valence-corrected chi connectivity index (χ1v) is 8.42. The SMILES string of the molecule is Cc1c(C(=O)NCCc2cccs2)nnn1-c1cccc([N+](=O)[O-])c1. The zero-order valence-electron chi connectivity index (χ0n) is 13.4. The Morgan fingerprint density at radius 3 is 2.92 bits per heavy atom. The fraction of sp³-hybridized carbons (Fsp3) is 0.188. The summed E-state index contributed by atoms with van der Waals surface area (Å²) in [7, 11) is 0. The maximum absolute atomic E-state index is 12.3. The molecule has 0 aliphatic carbocycles. The van der Waals surface area contributed by atoms with Crippen LogP contribution in [0.4, 0.5) is 5.69 Å². The Labute approximate surface area is 147 Å². The average molecular weight is 357 g/mol. The molecule has 1 amide bonds. The molecule has 0 unspecified atom stereocenters. The van der Waals surface area contributed by atoms with Crippen molar-refractivity contribution in [2.75, 3.05) is 6.54 Å². The summed E-state index contributed by atoms with van der Waals surface area (Å²) in [6, 6.07) is 10.0. The van der Waals surface area contributed by atoms with Crippen LogP contribution in [0, 0.1) is 17.0 Å². The molecule has 2 aromatic heterocycles. The number of nitrogens with one attached hydrogen (secondary N) is 1. The van der Waals surface area contributed by atoms with Crippen LogP contribution in [0.1, 0.15) is 21.1 Å². The van der Waals surface area contributed by atoms with Crippen LogP contribution in [0.2, 0.25) is 0 Å². The second kappa shape index (κ2) is 7.22. The fourth-order valence-corrected chi connectivity index (χ4v) is 3.07. The molecule has 2 heterocycles. The van der Waals surface area contributed by atoms with Gasteiger partial charge in [-0.25, -0.2) is 4.68 Å². The third kappa shape index (κ3) is 3.72. The third-order valence-corrected chi connectivity index (χ3v) is 4.57. The summed E-state index contributed by atoms with van der Waals surface area (Å²) < 4.78 is 1.42. The summed E-state index contributed by atoms with van der Waals surface area (Å²) in [5.74, 6) is -0.314. The van der Waals surface area contributed by atoms with Gasteiger partial charge in [0, 0.05) is 23.6 Å². The summed E-state index contributed by atoms with van der Waals surface area (Å²) in [6.07, 6.45) is 0.751. The van der Waals surface area contributed by atoms with Gasteiger partial charge in [0.05, 0.1) is 16.3 Å². The number of hydrogen-bond donors (Lipinski definition) is 1. The van der Waals surface area contributed by atoms with Gasteiger partial charge in [-0.05, 0) is 30.9 Å². The standard InChI is InChI=1S/C16H15N5O3S/c1-11-15(16(22)17-8-7-14-6-3-9-25-14)18-19-20(11)12-4-2-5-13(10-12)21(23)24/h2-6,9-10H,7-8H2,1H3,(H,17,22). The average Bonchev–Trinajstić information content (AvgIpc) is 3.24. The molecule has 3 rings (SSSR count). The lowest BCUT2D eigenvalue weighted by atomic mass is 10.2. The molecule has 128 valence electrons. The number of non-ortho nitro benzene ring substituents is 1. The lowest BCUT2D eigenvalue weighted by molar-refractivity contribution is -0.384. The largest absolute Gasteiger partial charge is 0.350 e. The van der Waals surface area contributed by atoms with Gasteiger partial charge in [0.2, 0.25) is 0 Å². The van der Waals surface area contributed by atoms with Crippen LogP contribution in [0.3, 0.4) is 0 Å². The van der Waals surface area contributed by atoms with E-state index in [2.05, 4.69) is 15.6 Å². The molecule has 0 saturated carbocycles. The summed E-state index contributed by atoms with van der Waals surface area (Å²) in [4.78, 5) is 23.9. The highest BCUT2D eigenvalue weighted by molar-refractivity contribution is 7.09. The number of benzene rings is 1. The number of nitro groups is 1. The van der Waals surface area contributed by atoms with Gasteiger partial charge < -0.3 is 5.32 Å². The molecule has 0 atom stereocenters. The molecule has 1 aromatic carbocycles. The van der Waals surface area contributed by atoms with Crippen molar-refractivity contribution in [2.24, 2.45) is 0 Å². The molecule has 0 spiro atoms. The number of thiophene rings is 1. The van der Waals surface area contributed by atoms with E-state index < -0.39 is 4.92 Å². The van der Waals surface area contributed by atoms with Gasteiger partial charge in [0.1, 0.15) is 0 Å². The van der Waals surface area contributed by atoms with Crippen LogP contribution in [0.25, 0.3) is 5.69 Å². The van der Waals surface area contributed by atoms with Crippen molar-refractivity contribution in [3.05, 3.63) is 68.2 Å². The van der Waals surface area contributed by atoms with Gasteiger partial charge in [0.15, 0.2) is 5.69 Å². The number of aromatic nitrogens is 3. The van der Waals surface area contributed by atoms with Gasteiger partial charge in [-0.1, -0.05) is 17.3 Å². The van der Waals surface area contributed by atoms with Crippen molar-refractivity contribution in [3.63, 3.8) is 0 Å². The van der Waals surface area contributed by atoms with E-state index in [0.29, 0.717) is 17.9 Å². The van der Waals surface area contributed by atoms with Gasteiger partial charge in [-0.2, -0.15) is 0 Å². The summed E-state index contributed by atoms with van der Waals surface area (Å²) in [6.45, 7) is 2.20. The molecule has 8 nitrogen and oxygen atoms in total. The zero-order valence-corrected chi connectivity index (χ0v) is 14.2. The first-order valence-electron chi connectivity index (χ1n) is 7.54. The van der Waals surface area contributed by atoms with Gasteiger partial charge >= 0.3 is 0 Å². The quantitative estimate of drug-likeness (QED) is 0.539. The van der Waals surface area contributed by atoms with E-state index in [1.807, 2.05) is 17.5 Å². The molecular weight excluding hydrogens is 342 g/mol. The van der Waals surface area contributed by atoms with E-state index in [9.17, 15) is 14.9 Å². The highest BCUT2D eigenvalue weighted by atomic mass is 32.1. The molecule has 0 aliphatic heterocycles. The maximum Gasteiger partial charge on any atom is 0.273 e. The van der Waals surface area contributed by atoms with Crippen LogP contribution < -0.4 is 5.32 Å². The lowest BCUT2D eigenvalue weighted by Gasteiger charge is -2.04. The molecule has 9 heteroatoms. The first kappa shape index (κ1) is 16.8. The number of hydrogen-bond acceptors (Lipinski definition) is 6. The van der Waals surface area contributed by atoms with E-state index in [1.54, 1.807) is 30.4 Å². The van der Waals surface area contributed by atoms with Crippen LogP contribution in [-0.2, 0) is 6.42 Å². The Bertz CT molecular complexity index is 904.